The number of carbonyl (C=O) groups is 2. The number of anilines is 3. The van der Waals surface area contributed by atoms with Gasteiger partial charge in [0.05, 0.1) is 12.8 Å². The van der Waals surface area contributed by atoms with E-state index in [0.717, 1.165) is 5.75 Å². The van der Waals surface area contributed by atoms with Gasteiger partial charge in [0, 0.05) is 23.1 Å². The molecule has 8 heteroatoms. The Kier molecular flexibility index (Phi) is 8.00. The topological polar surface area (TPSA) is 102 Å². The standard InChI is InChI=1S/C27H25N3O5/c31-26(19-28-20-7-4-8-21(17-20)30-27(32)25-13-6-14-35-25)29-22-9-5-12-24(18-22)34-16-15-33-23-10-2-1-3-11-23/h1-14,17-18,28H,15-16,19H2,(H,29,31)(H,30,32). The maximum Gasteiger partial charge on any atom is 0.291 e. The third-order valence-corrected chi connectivity index (χ3v) is 4.80. The van der Waals surface area contributed by atoms with Crippen LogP contribution in [-0.2, 0) is 4.79 Å². The predicted molar refractivity (Wildman–Crippen MR) is 134 cm³/mol. The molecule has 4 rings (SSSR count). The molecule has 35 heavy (non-hydrogen) atoms. The lowest BCUT2D eigenvalue weighted by Gasteiger charge is -2.11. The van der Waals surface area contributed by atoms with Gasteiger partial charge >= 0.3 is 0 Å². The van der Waals surface area contributed by atoms with Gasteiger partial charge in [-0.25, -0.2) is 0 Å². The molecule has 0 aliphatic rings. The first-order valence-corrected chi connectivity index (χ1v) is 11.0. The predicted octanol–water partition coefficient (Wildman–Crippen LogP) is 5.04. The lowest BCUT2D eigenvalue weighted by molar-refractivity contribution is -0.114. The fourth-order valence-electron chi connectivity index (χ4n) is 3.19. The molecule has 1 heterocycles. The van der Waals surface area contributed by atoms with Crippen molar-refractivity contribution < 1.29 is 23.5 Å². The first kappa shape index (κ1) is 23.4. The van der Waals surface area contributed by atoms with E-state index in [4.69, 9.17) is 13.9 Å². The summed E-state index contributed by atoms with van der Waals surface area (Å²) < 4.78 is 16.4. The molecule has 0 fully saturated rings. The fraction of sp³-hybridized carbons (Fsp3) is 0.111. The second-order valence-electron chi connectivity index (χ2n) is 7.45. The second kappa shape index (κ2) is 11.9. The summed E-state index contributed by atoms with van der Waals surface area (Å²) in [7, 11) is 0. The third-order valence-electron chi connectivity index (χ3n) is 4.80. The average molecular weight is 472 g/mol. The maximum absolute atomic E-state index is 12.4. The lowest BCUT2D eigenvalue weighted by atomic mass is 10.2. The van der Waals surface area contributed by atoms with Crippen LogP contribution in [0.25, 0.3) is 0 Å². The van der Waals surface area contributed by atoms with E-state index in [1.54, 1.807) is 42.5 Å². The molecule has 0 atom stereocenters. The maximum atomic E-state index is 12.4. The molecule has 0 aliphatic carbocycles. The van der Waals surface area contributed by atoms with Crippen molar-refractivity contribution in [1.82, 2.24) is 0 Å². The van der Waals surface area contributed by atoms with Gasteiger partial charge in [0.1, 0.15) is 24.7 Å². The molecule has 0 bridgehead atoms. The van der Waals surface area contributed by atoms with Gasteiger partial charge in [0.25, 0.3) is 5.91 Å². The molecule has 3 N–H and O–H groups in total. The van der Waals surface area contributed by atoms with Crippen LogP contribution >= 0.6 is 0 Å². The highest BCUT2D eigenvalue weighted by molar-refractivity contribution is 6.02. The van der Waals surface area contributed by atoms with Crippen LogP contribution in [0.2, 0.25) is 0 Å². The smallest absolute Gasteiger partial charge is 0.291 e. The van der Waals surface area contributed by atoms with Crippen molar-refractivity contribution in [3.8, 4) is 11.5 Å². The number of rotatable bonds is 11. The summed E-state index contributed by atoms with van der Waals surface area (Å²) in [5.41, 5.74) is 1.89. The number of para-hydroxylation sites is 1. The van der Waals surface area contributed by atoms with Crippen molar-refractivity contribution in [2.24, 2.45) is 0 Å². The van der Waals surface area contributed by atoms with Crippen molar-refractivity contribution in [1.29, 1.82) is 0 Å². The monoisotopic (exact) mass is 471 g/mol. The Balaban J connectivity index is 1.22. The summed E-state index contributed by atoms with van der Waals surface area (Å²) in [6, 6.07) is 27.0. The second-order valence-corrected chi connectivity index (χ2v) is 7.45. The summed E-state index contributed by atoms with van der Waals surface area (Å²) in [6.45, 7) is 0.831. The minimum Gasteiger partial charge on any atom is -0.490 e. The van der Waals surface area contributed by atoms with Gasteiger partial charge in [0.15, 0.2) is 5.76 Å². The van der Waals surface area contributed by atoms with Gasteiger partial charge in [0.2, 0.25) is 5.91 Å². The van der Waals surface area contributed by atoms with Gasteiger partial charge in [-0.2, -0.15) is 0 Å². The Bertz CT molecular complexity index is 1240. The number of hydrogen-bond donors (Lipinski definition) is 3. The highest BCUT2D eigenvalue weighted by Crippen LogP contribution is 2.19. The van der Waals surface area contributed by atoms with Crippen LogP contribution in [0.3, 0.4) is 0 Å². The first-order valence-electron chi connectivity index (χ1n) is 11.0. The molecule has 0 saturated carbocycles. The van der Waals surface area contributed by atoms with E-state index in [9.17, 15) is 9.59 Å². The largest absolute Gasteiger partial charge is 0.490 e. The summed E-state index contributed by atoms with van der Waals surface area (Å²) in [6.07, 6.45) is 1.44. The van der Waals surface area contributed by atoms with Gasteiger partial charge in [-0.15, -0.1) is 0 Å². The normalized spacial score (nSPS) is 10.3. The number of ether oxygens (including phenoxy) is 2. The van der Waals surface area contributed by atoms with E-state index in [1.807, 2.05) is 48.5 Å². The highest BCUT2D eigenvalue weighted by atomic mass is 16.5. The minimum absolute atomic E-state index is 0.0472. The summed E-state index contributed by atoms with van der Waals surface area (Å²) in [5.74, 6) is 1.07. The number of hydrogen-bond acceptors (Lipinski definition) is 6. The van der Waals surface area contributed by atoms with Crippen LogP contribution in [0, 0.1) is 0 Å². The highest BCUT2D eigenvalue weighted by Gasteiger charge is 2.09. The molecule has 1 aromatic heterocycles. The molecule has 178 valence electrons. The quantitative estimate of drug-likeness (QED) is 0.265. The average Bonchev–Trinajstić information content (AvgIpc) is 3.42. The van der Waals surface area contributed by atoms with Gasteiger partial charge < -0.3 is 29.8 Å². The van der Waals surface area contributed by atoms with Crippen molar-refractivity contribution in [2.45, 2.75) is 0 Å². The van der Waals surface area contributed by atoms with Crippen LogP contribution in [0.5, 0.6) is 11.5 Å². The molecule has 4 aromatic rings. The molecule has 8 nitrogen and oxygen atoms in total. The zero-order valence-corrected chi connectivity index (χ0v) is 18.9. The molecule has 0 saturated heterocycles. The van der Waals surface area contributed by atoms with E-state index in [-0.39, 0.29) is 24.1 Å². The molecule has 0 spiro atoms. The Labute approximate surface area is 202 Å². The summed E-state index contributed by atoms with van der Waals surface area (Å²) >= 11 is 0. The molecular weight excluding hydrogens is 446 g/mol. The molecule has 0 unspecified atom stereocenters. The Morgan fingerprint density at radius 1 is 0.686 bits per heavy atom. The van der Waals surface area contributed by atoms with Gasteiger partial charge in [-0.1, -0.05) is 30.3 Å². The molecule has 3 aromatic carbocycles. The molecule has 0 radical (unpaired) electrons. The Morgan fingerprint density at radius 2 is 1.37 bits per heavy atom. The van der Waals surface area contributed by atoms with Crippen LogP contribution < -0.4 is 25.4 Å². The molecular formula is C27H25N3O5. The fourth-order valence-corrected chi connectivity index (χ4v) is 3.19. The van der Waals surface area contributed by atoms with Crippen molar-refractivity contribution in [3.63, 3.8) is 0 Å². The van der Waals surface area contributed by atoms with Crippen LogP contribution in [0.4, 0.5) is 17.1 Å². The molecule has 0 aliphatic heterocycles. The van der Waals surface area contributed by atoms with Crippen molar-refractivity contribution in [2.75, 3.05) is 35.7 Å². The SMILES string of the molecule is O=C(CNc1cccc(NC(=O)c2ccco2)c1)Nc1cccc(OCCOc2ccccc2)c1. The Hall–Kier alpha value is -4.72. The van der Waals surface area contributed by atoms with E-state index in [1.165, 1.54) is 6.26 Å². The van der Waals surface area contributed by atoms with Crippen LogP contribution in [-0.4, -0.2) is 31.6 Å². The number of carbonyl (C=O) groups excluding carboxylic acids is 2. The number of benzene rings is 3. The number of nitrogens with one attached hydrogen (secondary N) is 3. The summed E-state index contributed by atoms with van der Waals surface area (Å²) in [5, 5.41) is 8.64. The third kappa shape index (κ3) is 7.40. The molecule has 2 amide bonds. The van der Waals surface area contributed by atoms with Crippen molar-refractivity contribution in [3.05, 3.63) is 103 Å². The van der Waals surface area contributed by atoms with Crippen molar-refractivity contribution >= 4 is 28.9 Å². The van der Waals surface area contributed by atoms with E-state index in [2.05, 4.69) is 16.0 Å². The lowest BCUT2D eigenvalue weighted by Crippen LogP contribution is -2.21. The Morgan fingerprint density at radius 3 is 2.14 bits per heavy atom. The number of furan rings is 1. The first-order chi connectivity index (χ1) is 17.2. The van der Waals surface area contributed by atoms with Gasteiger partial charge in [-0.3, -0.25) is 9.59 Å². The van der Waals surface area contributed by atoms with Crippen LogP contribution in [0.1, 0.15) is 10.6 Å². The minimum atomic E-state index is -0.348. The number of amides is 2. The van der Waals surface area contributed by atoms with Gasteiger partial charge in [-0.05, 0) is 54.6 Å². The van der Waals surface area contributed by atoms with E-state index < -0.39 is 0 Å². The zero-order valence-electron chi connectivity index (χ0n) is 18.9. The van der Waals surface area contributed by atoms with E-state index in [0.29, 0.717) is 36.0 Å². The zero-order chi connectivity index (χ0) is 24.3. The summed E-state index contributed by atoms with van der Waals surface area (Å²) in [4.78, 5) is 24.5. The van der Waals surface area contributed by atoms with Crippen LogP contribution in [0.15, 0.2) is 102 Å². The van der Waals surface area contributed by atoms with E-state index >= 15 is 0 Å².